The van der Waals surface area contributed by atoms with Gasteiger partial charge in [0.15, 0.2) is 0 Å². The Morgan fingerprint density at radius 2 is 1.95 bits per heavy atom. The Morgan fingerprint density at radius 1 is 1.27 bits per heavy atom. The summed E-state index contributed by atoms with van der Waals surface area (Å²) in [5.74, 6) is -0.825. The molecule has 0 aromatic heterocycles. The summed E-state index contributed by atoms with van der Waals surface area (Å²) >= 11 is 0. The van der Waals surface area contributed by atoms with E-state index in [-0.39, 0.29) is 11.9 Å². The Balaban J connectivity index is 2.12. The van der Waals surface area contributed by atoms with Gasteiger partial charge >= 0.3 is 0 Å². The lowest BCUT2D eigenvalue weighted by molar-refractivity contribution is -0.129. The topological polar surface area (TPSA) is 32.3 Å². The largest absolute Gasteiger partial charge is 0.367 e. The van der Waals surface area contributed by atoms with Crippen molar-refractivity contribution in [3.63, 3.8) is 0 Å². The van der Waals surface area contributed by atoms with Crippen LogP contribution in [0.2, 0.25) is 0 Å². The maximum atomic E-state index is 14.0. The Hall–Kier alpha value is -1.65. The third kappa shape index (κ3) is 3.96. The van der Waals surface area contributed by atoms with Crippen molar-refractivity contribution in [1.82, 2.24) is 5.32 Å². The summed E-state index contributed by atoms with van der Waals surface area (Å²) in [6.07, 6.45) is 0.862. The van der Waals surface area contributed by atoms with Crippen LogP contribution in [-0.2, 0) is 4.79 Å². The van der Waals surface area contributed by atoms with Crippen molar-refractivity contribution in [2.45, 2.75) is 40.2 Å². The predicted octanol–water partition coefficient (Wildman–Crippen LogP) is 3.34. The number of benzene rings is 1. The molecule has 5 heteroatoms. The fourth-order valence-corrected chi connectivity index (χ4v) is 2.79. The van der Waals surface area contributed by atoms with Gasteiger partial charge in [-0.1, -0.05) is 27.7 Å². The Labute approximate surface area is 130 Å². The molecule has 2 atom stereocenters. The number of rotatable bonds is 2. The molecule has 22 heavy (non-hydrogen) atoms. The number of amides is 1. The molecule has 1 heterocycles. The fraction of sp³-hybridized carbons (Fsp3) is 0.588. The van der Waals surface area contributed by atoms with E-state index in [1.165, 1.54) is 12.1 Å². The van der Waals surface area contributed by atoms with Crippen LogP contribution in [-0.4, -0.2) is 25.0 Å². The van der Waals surface area contributed by atoms with E-state index in [1.807, 2.05) is 25.7 Å². The van der Waals surface area contributed by atoms with E-state index in [0.29, 0.717) is 24.7 Å². The van der Waals surface area contributed by atoms with Gasteiger partial charge in [-0.2, -0.15) is 0 Å². The first-order valence-corrected chi connectivity index (χ1v) is 7.68. The highest BCUT2D eigenvalue weighted by molar-refractivity contribution is 5.81. The monoisotopic (exact) mass is 310 g/mol. The van der Waals surface area contributed by atoms with Gasteiger partial charge < -0.3 is 10.2 Å². The lowest BCUT2D eigenvalue weighted by atomic mass is 9.92. The molecular formula is C17H24F2N2O. The second-order valence-corrected chi connectivity index (χ2v) is 7.26. The summed E-state index contributed by atoms with van der Waals surface area (Å²) in [5, 5.41) is 3.04. The highest BCUT2D eigenvalue weighted by atomic mass is 19.1. The van der Waals surface area contributed by atoms with E-state index in [9.17, 15) is 13.6 Å². The van der Waals surface area contributed by atoms with E-state index in [1.54, 1.807) is 0 Å². The molecular weight excluding hydrogens is 286 g/mol. The van der Waals surface area contributed by atoms with Crippen molar-refractivity contribution < 1.29 is 13.6 Å². The number of nitrogens with one attached hydrogen (secondary N) is 1. The first-order chi connectivity index (χ1) is 10.2. The minimum Gasteiger partial charge on any atom is -0.367 e. The number of anilines is 1. The van der Waals surface area contributed by atoms with E-state index in [2.05, 4.69) is 12.2 Å². The van der Waals surface area contributed by atoms with Gasteiger partial charge in [0.25, 0.3) is 0 Å². The van der Waals surface area contributed by atoms with Crippen molar-refractivity contribution in [3.8, 4) is 0 Å². The Bertz CT molecular complexity index is 554. The summed E-state index contributed by atoms with van der Waals surface area (Å²) in [5.41, 5.74) is -0.0601. The maximum Gasteiger partial charge on any atom is 0.225 e. The first kappa shape index (κ1) is 16.7. The average Bonchev–Trinajstić information content (AvgIpc) is 2.36. The van der Waals surface area contributed by atoms with Crippen LogP contribution < -0.4 is 10.2 Å². The SMILES string of the molecule is CC1CC(NC(=O)C(C)(C)C)CN(c2ccc(F)cc2F)C1. The molecule has 1 aliphatic rings. The Kier molecular flexibility index (Phi) is 4.73. The molecule has 1 aromatic rings. The van der Waals surface area contributed by atoms with Gasteiger partial charge in [0.05, 0.1) is 5.69 Å². The van der Waals surface area contributed by atoms with Crippen molar-refractivity contribution in [2.24, 2.45) is 11.3 Å². The van der Waals surface area contributed by atoms with E-state index in [0.717, 1.165) is 12.5 Å². The first-order valence-electron chi connectivity index (χ1n) is 7.68. The number of piperidine rings is 1. The molecule has 1 amide bonds. The van der Waals surface area contributed by atoms with Crippen molar-refractivity contribution in [2.75, 3.05) is 18.0 Å². The van der Waals surface area contributed by atoms with E-state index >= 15 is 0 Å². The third-order valence-corrected chi connectivity index (χ3v) is 3.93. The van der Waals surface area contributed by atoms with E-state index < -0.39 is 17.0 Å². The molecule has 2 unspecified atom stereocenters. The van der Waals surface area contributed by atoms with Crippen molar-refractivity contribution >= 4 is 11.6 Å². The van der Waals surface area contributed by atoms with Gasteiger partial charge in [-0.25, -0.2) is 8.78 Å². The van der Waals surface area contributed by atoms with Crippen LogP contribution in [0.15, 0.2) is 18.2 Å². The lowest BCUT2D eigenvalue weighted by Gasteiger charge is -2.39. The standard InChI is InChI=1S/C17H24F2N2O/c1-11-7-13(20-16(22)17(2,3)4)10-21(9-11)15-6-5-12(18)8-14(15)19/h5-6,8,11,13H,7,9-10H2,1-4H3,(H,20,22). The van der Waals surface area contributed by atoms with E-state index in [4.69, 9.17) is 0 Å². The second kappa shape index (κ2) is 6.23. The van der Waals surface area contributed by atoms with Gasteiger partial charge in [-0.15, -0.1) is 0 Å². The van der Waals surface area contributed by atoms with Gasteiger partial charge in [0.2, 0.25) is 5.91 Å². The van der Waals surface area contributed by atoms with Crippen LogP contribution in [0.4, 0.5) is 14.5 Å². The number of nitrogens with zero attached hydrogens (tertiary/aromatic N) is 1. The number of carbonyl (C=O) groups is 1. The van der Waals surface area contributed by atoms with Gasteiger partial charge in [-0.3, -0.25) is 4.79 Å². The molecule has 1 aromatic carbocycles. The number of carbonyl (C=O) groups excluding carboxylic acids is 1. The minimum atomic E-state index is -0.580. The lowest BCUT2D eigenvalue weighted by Crippen LogP contribution is -2.52. The van der Waals surface area contributed by atoms with Gasteiger partial charge in [-0.05, 0) is 24.5 Å². The molecule has 1 N–H and O–H groups in total. The molecule has 0 spiro atoms. The zero-order valence-corrected chi connectivity index (χ0v) is 13.6. The maximum absolute atomic E-state index is 14.0. The minimum absolute atomic E-state index is 0.00821. The smallest absolute Gasteiger partial charge is 0.225 e. The zero-order chi connectivity index (χ0) is 16.5. The van der Waals surface area contributed by atoms with Crippen LogP contribution in [0.5, 0.6) is 0 Å². The molecule has 0 saturated carbocycles. The van der Waals surface area contributed by atoms with Crippen LogP contribution >= 0.6 is 0 Å². The molecule has 0 aliphatic carbocycles. The molecule has 3 nitrogen and oxygen atoms in total. The quantitative estimate of drug-likeness (QED) is 0.908. The molecule has 2 rings (SSSR count). The highest BCUT2D eigenvalue weighted by Crippen LogP contribution is 2.26. The van der Waals surface area contributed by atoms with Gasteiger partial charge in [0, 0.05) is 30.6 Å². The molecule has 1 fully saturated rings. The molecule has 1 aliphatic heterocycles. The molecule has 122 valence electrons. The van der Waals surface area contributed by atoms with Crippen LogP contribution in [0.1, 0.15) is 34.1 Å². The van der Waals surface area contributed by atoms with Crippen LogP contribution in [0.3, 0.4) is 0 Å². The Morgan fingerprint density at radius 3 is 2.55 bits per heavy atom. The fourth-order valence-electron chi connectivity index (χ4n) is 2.79. The molecule has 0 bridgehead atoms. The zero-order valence-electron chi connectivity index (χ0n) is 13.6. The highest BCUT2D eigenvalue weighted by Gasteiger charge is 2.30. The van der Waals surface area contributed by atoms with Crippen molar-refractivity contribution in [3.05, 3.63) is 29.8 Å². The number of hydrogen-bond acceptors (Lipinski definition) is 2. The third-order valence-electron chi connectivity index (χ3n) is 3.93. The summed E-state index contributed by atoms with van der Waals surface area (Å²) < 4.78 is 27.0. The van der Waals surface area contributed by atoms with Crippen molar-refractivity contribution in [1.29, 1.82) is 0 Å². The second-order valence-electron chi connectivity index (χ2n) is 7.26. The summed E-state index contributed by atoms with van der Waals surface area (Å²) in [4.78, 5) is 14.0. The molecule has 1 saturated heterocycles. The van der Waals surface area contributed by atoms with Gasteiger partial charge in [0.1, 0.15) is 11.6 Å². The van der Waals surface area contributed by atoms with Crippen LogP contribution in [0, 0.1) is 23.0 Å². The van der Waals surface area contributed by atoms with Crippen LogP contribution in [0.25, 0.3) is 0 Å². The molecule has 0 radical (unpaired) electrons. The normalized spacial score (nSPS) is 22.5. The summed E-state index contributed by atoms with van der Waals surface area (Å²) in [7, 11) is 0. The average molecular weight is 310 g/mol. The number of halogens is 2. The predicted molar refractivity (Wildman–Crippen MR) is 83.7 cm³/mol. The number of hydrogen-bond donors (Lipinski definition) is 1. The summed E-state index contributed by atoms with van der Waals surface area (Å²) in [6.45, 7) is 8.91. The summed E-state index contributed by atoms with van der Waals surface area (Å²) in [6, 6.07) is 3.60.